The maximum absolute atomic E-state index is 12.1. The summed E-state index contributed by atoms with van der Waals surface area (Å²) in [4.78, 5) is 5.49. The third-order valence-corrected chi connectivity index (χ3v) is 3.65. The van der Waals surface area contributed by atoms with Crippen LogP contribution < -0.4 is 5.32 Å². The van der Waals surface area contributed by atoms with Gasteiger partial charge in [-0.15, -0.1) is 11.3 Å². The zero-order valence-electron chi connectivity index (χ0n) is 12.9. The Labute approximate surface area is 127 Å². The number of ether oxygens (including phenoxy) is 1. The number of rotatable bonds is 7. The van der Waals surface area contributed by atoms with Crippen LogP contribution in [-0.2, 0) is 24.3 Å². The van der Waals surface area contributed by atoms with E-state index >= 15 is 0 Å². The number of aromatic nitrogens is 1. The molecule has 0 fully saturated rings. The van der Waals surface area contributed by atoms with Gasteiger partial charge in [0, 0.05) is 17.0 Å². The normalized spacial score (nSPS) is 12.9. The predicted molar refractivity (Wildman–Crippen MR) is 78.4 cm³/mol. The Morgan fingerprint density at radius 2 is 1.90 bits per heavy atom. The van der Waals surface area contributed by atoms with Gasteiger partial charge in [-0.05, 0) is 27.2 Å². The first-order valence-electron chi connectivity index (χ1n) is 6.97. The van der Waals surface area contributed by atoms with Crippen LogP contribution in [0.15, 0.2) is 0 Å². The summed E-state index contributed by atoms with van der Waals surface area (Å²) >= 11 is 1.42. The average Bonchev–Trinajstić information content (AvgIpc) is 2.67. The molecule has 0 radical (unpaired) electrons. The van der Waals surface area contributed by atoms with Crippen molar-refractivity contribution in [1.82, 2.24) is 10.3 Å². The van der Waals surface area contributed by atoms with E-state index in [1.165, 1.54) is 11.3 Å². The summed E-state index contributed by atoms with van der Waals surface area (Å²) in [5.74, 6) is 0. The molecule has 1 aromatic rings. The van der Waals surface area contributed by atoms with Gasteiger partial charge >= 0.3 is 6.18 Å². The van der Waals surface area contributed by atoms with Gasteiger partial charge in [0.2, 0.25) is 0 Å². The number of hydrogen-bond donors (Lipinski definition) is 1. The lowest BCUT2D eigenvalue weighted by atomic mass is 10.1. The summed E-state index contributed by atoms with van der Waals surface area (Å²) in [6.45, 7) is 7.63. The van der Waals surface area contributed by atoms with Crippen LogP contribution in [0.1, 0.15) is 49.7 Å². The molecule has 1 heterocycles. The van der Waals surface area contributed by atoms with Gasteiger partial charge < -0.3 is 10.1 Å². The molecule has 0 spiro atoms. The Balaban J connectivity index is 2.65. The minimum Gasteiger partial charge on any atom is -0.365 e. The van der Waals surface area contributed by atoms with Crippen molar-refractivity contribution >= 4 is 11.3 Å². The SMILES string of the molecule is CCCc1nc(COCC(F)(F)F)sc1CNC(C)(C)C. The summed E-state index contributed by atoms with van der Waals surface area (Å²) in [7, 11) is 0. The molecule has 0 aromatic carbocycles. The Hall–Kier alpha value is -0.660. The lowest BCUT2D eigenvalue weighted by Crippen LogP contribution is -2.35. The van der Waals surface area contributed by atoms with Crippen LogP contribution in [0.5, 0.6) is 0 Å². The molecular weight excluding hydrogens is 301 g/mol. The standard InChI is InChI=1S/C14H23F3N2OS/c1-5-6-10-11(7-18-13(2,3)4)21-12(19-10)8-20-9-14(15,16)17/h18H,5-9H2,1-4H3. The van der Waals surface area contributed by atoms with Crippen molar-refractivity contribution in [3.8, 4) is 0 Å². The van der Waals surface area contributed by atoms with Crippen LogP contribution in [0.4, 0.5) is 13.2 Å². The first kappa shape index (κ1) is 18.4. The Bertz CT molecular complexity index is 438. The highest BCUT2D eigenvalue weighted by Crippen LogP contribution is 2.23. The number of hydrogen-bond acceptors (Lipinski definition) is 4. The minimum atomic E-state index is -4.29. The van der Waals surface area contributed by atoms with Crippen molar-refractivity contribution in [1.29, 1.82) is 0 Å². The second kappa shape index (κ2) is 7.56. The van der Waals surface area contributed by atoms with Crippen molar-refractivity contribution in [2.24, 2.45) is 0 Å². The molecule has 122 valence electrons. The third kappa shape index (κ3) is 7.78. The topological polar surface area (TPSA) is 34.1 Å². The summed E-state index contributed by atoms with van der Waals surface area (Å²) in [5.41, 5.74) is 0.949. The number of alkyl halides is 3. The maximum Gasteiger partial charge on any atom is 0.411 e. The molecule has 0 atom stereocenters. The molecule has 0 saturated heterocycles. The summed E-state index contributed by atoms with van der Waals surface area (Å²) in [6, 6.07) is 0. The molecule has 0 aliphatic carbocycles. The van der Waals surface area contributed by atoms with E-state index < -0.39 is 12.8 Å². The first-order chi connectivity index (χ1) is 9.61. The lowest BCUT2D eigenvalue weighted by molar-refractivity contribution is -0.176. The van der Waals surface area contributed by atoms with E-state index in [1.807, 2.05) is 0 Å². The molecule has 0 amide bonds. The number of aryl methyl sites for hydroxylation is 1. The van der Waals surface area contributed by atoms with E-state index in [9.17, 15) is 13.2 Å². The van der Waals surface area contributed by atoms with Gasteiger partial charge in [0.15, 0.2) is 0 Å². The van der Waals surface area contributed by atoms with Crippen LogP contribution >= 0.6 is 11.3 Å². The van der Waals surface area contributed by atoms with Crippen molar-refractivity contribution in [2.45, 2.75) is 65.4 Å². The molecule has 1 N–H and O–H groups in total. The number of thiazole rings is 1. The van der Waals surface area contributed by atoms with E-state index in [1.54, 1.807) is 0 Å². The highest BCUT2D eigenvalue weighted by molar-refractivity contribution is 7.11. The largest absolute Gasteiger partial charge is 0.411 e. The van der Waals surface area contributed by atoms with E-state index in [-0.39, 0.29) is 12.1 Å². The van der Waals surface area contributed by atoms with Gasteiger partial charge in [-0.3, -0.25) is 0 Å². The molecule has 0 saturated carbocycles. The summed E-state index contributed by atoms with van der Waals surface area (Å²) in [5, 5.41) is 3.99. The molecule has 21 heavy (non-hydrogen) atoms. The molecule has 3 nitrogen and oxygen atoms in total. The van der Waals surface area contributed by atoms with E-state index in [0.717, 1.165) is 23.4 Å². The molecular formula is C14H23F3N2OS. The Morgan fingerprint density at radius 1 is 1.24 bits per heavy atom. The second-order valence-corrected chi connectivity index (χ2v) is 7.11. The van der Waals surface area contributed by atoms with E-state index in [0.29, 0.717) is 11.6 Å². The van der Waals surface area contributed by atoms with Crippen molar-refractivity contribution in [3.05, 3.63) is 15.6 Å². The smallest absolute Gasteiger partial charge is 0.365 e. The zero-order chi connectivity index (χ0) is 16.1. The summed E-state index contributed by atoms with van der Waals surface area (Å²) < 4.78 is 40.9. The van der Waals surface area contributed by atoms with Crippen LogP contribution in [0.2, 0.25) is 0 Å². The highest BCUT2D eigenvalue weighted by atomic mass is 32.1. The highest BCUT2D eigenvalue weighted by Gasteiger charge is 2.27. The third-order valence-electron chi connectivity index (χ3n) is 2.58. The maximum atomic E-state index is 12.1. The fourth-order valence-corrected chi connectivity index (χ4v) is 2.66. The van der Waals surface area contributed by atoms with Gasteiger partial charge in [-0.25, -0.2) is 4.98 Å². The van der Waals surface area contributed by atoms with Gasteiger partial charge in [-0.2, -0.15) is 13.2 Å². The van der Waals surface area contributed by atoms with Crippen LogP contribution in [-0.4, -0.2) is 23.3 Å². The number of nitrogens with one attached hydrogen (secondary N) is 1. The number of nitrogens with zero attached hydrogens (tertiary/aromatic N) is 1. The van der Waals surface area contributed by atoms with E-state index in [4.69, 9.17) is 0 Å². The van der Waals surface area contributed by atoms with Crippen LogP contribution in [0, 0.1) is 0 Å². The van der Waals surface area contributed by atoms with Crippen LogP contribution in [0.3, 0.4) is 0 Å². The van der Waals surface area contributed by atoms with Crippen molar-refractivity contribution < 1.29 is 17.9 Å². The van der Waals surface area contributed by atoms with Gasteiger partial charge in [0.05, 0.1) is 12.3 Å². The Morgan fingerprint density at radius 3 is 2.43 bits per heavy atom. The van der Waals surface area contributed by atoms with E-state index in [2.05, 4.69) is 42.7 Å². The quantitative estimate of drug-likeness (QED) is 0.821. The zero-order valence-corrected chi connectivity index (χ0v) is 13.7. The van der Waals surface area contributed by atoms with Crippen molar-refractivity contribution in [3.63, 3.8) is 0 Å². The molecule has 0 bridgehead atoms. The first-order valence-corrected chi connectivity index (χ1v) is 7.79. The van der Waals surface area contributed by atoms with Gasteiger partial charge in [0.1, 0.15) is 11.6 Å². The van der Waals surface area contributed by atoms with Gasteiger partial charge in [0.25, 0.3) is 0 Å². The minimum absolute atomic E-state index is 0.0135. The molecule has 0 aliphatic heterocycles. The monoisotopic (exact) mass is 324 g/mol. The summed E-state index contributed by atoms with van der Waals surface area (Å²) in [6.07, 6.45) is -2.51. The molecule has 0 unspecified atom stereocenters. The second-order valence-electron chi connectivity index (χ2n) is 5.94. The molecule has 0 aliphatic rings. The van der Waals surface area contributed by atoms with Gasteiger partial charge in [-0.1, -0.05) is 13.3 Å². The fraction of sp³-hybridized carbons (Fsp3) is 0.786. The number of halogens is 3. The van der Waals surface area contributed by atoms with Crippen molar-refractivity contribution in [2.75, 3.05) is 6.61 Å². The molecule has 1 rings (SSSR count). The Kier molecular flexibility index (Phi) is 6.62. The van der Waals surface area contributed by atoms with Crippen LogP contribution in [0.25, 0.3) is 0 Å². The fourth-order valence-electron chi connectivity index (χ4n) is 1.67. The molecule has 1 aromatic heterocycles. The molecule has 7 heteroatoms. The lowest BCUT2D eigenvalue weighted by Gasteiger charge is -2.20. The predicted octanol–water partition coefficient (Wildman–Crippen LogP) is 4.06. The average molecular weight is 324 g/mol.